The monoisotopic (exact) mass is 322 g/mol. The van der Waals surface area contributed by atoms with Crippen molar-refractivity contribution in [2.45, 2.75) is 26.7 Å². The molecule has 2 heteroatoms. The van der Waals surface area contributed by atoms with Gasteiger partial charge in [0.2, 0.25) is 0 Å². The molecule has 2 heterocycles. The molecule has 2 aromatic heterocycles. The Bertz CT molecular complexity index is 876. The highest BCUT2D eigenvalue weighted by atomic mass is 32.1. The third kappa shape index (κ3) is 2.47. The second-order valence-electron chi connectivity index (χ2n) is 6.02. The van der Waals surface area contributed by atoms with Gasteiger partial charge in [-0.1, -0.05) is 24.3 Å². The van der Waals surface area contributed by atoms with Crippen molar-refractivity contribution in [1.82, 2.24) is 0 Å². The molecule has 0 bridgehead atoms. The van der Waals surface area contributed by atoms with Gasteiger partial charge in [-0.3, -0.25) is 0 Å². The van der Waals surface area contributed by atoms with Gasteiger partial charge < -0.3 is 0 Å². The topological polar surface area (TPSA) is 0 Å². The fourth-order valence-electron chi connectivity index (χ4n) is 3.04. The molecule has 0 aliphatic heterocycles. The summed E-state index contributed by atoms with van der Waals surface area (Å²) in [6.45, 7) is 4.33. The molecule has 110 valence electrons. The number of hydrogen-bond acceptors (Lipinski definition) is 2. The van der Waals surface area contributed by atoms with E-state index in [1.54, 1.807) is 0 Å². The van der Waals surface area contributed by atoms with Gasteiger partial charge in [0.1, 0.15) is 0 Å². The summed E-state index contributed by atoms with van der Waals surface area (Å²) in [4.78, 5) is 0. The predicted molar refractivity (Wildman–Crippen MR) is 101 cm³/mol. The first kappa shape index (κ1) is 14.0. The maximum Gasteiger partial charge on any atom is 0.0348 e. The Balaban J connectivity index is 1.63. The number of aryl methyl sites for hydroxylation is 4. The number of hydrogen-bond donors (Lipinski definition) is 0. The lowest BCUT2D eigenvalue weighted by Crippen LogP contribution is -1.89. The van der Waals surface area contributed by atoms with E-state index >= 15 is 0 Å². The third-order valence-corrected chi connectivity index (χ3v) is 6.27. The molecule has 0 aliphatic rings. The van der Waals surface area contributed by atoms with E-state index in [2.05, 4.69) is 61.0 Å². The maximum absolute atomic E-state index is 2.34. The molecule has 0 atom stereocenters. The Morgan fingerprint density at radius 1 is 0.682 bits per heavy atom. The molecule has 0 spiro atoms. The first-order valence-corrected chi connectivity index (χ1v) is 9.40. The molecule has 2 aromatic carbocycles. The lowest BCUT2D eigenvalue weighted by Gasteiger charge is -2.01. The van der Waals surface area contributed by atoms with Crippen LogP contribution in [0.25, 0.3) is 20.2 Å². The molecule has 0 nitrogen and oxygen atoms in total. The zero-order valence-corrected chi connectivity index (χ0v) is 14.5. The molecule has 0 fully saturated rings. The number of thiophene rings is 2. The molecule has 0 saturated heterocycles. The Morgan fingerprint density at radius 2 is 1.14 bits per heavy atom. The molecule has 0 radical (unpaired) electrons. The fourth-order valence-corrected chi connectivity index (χ4v) is 5.23. The van der Waals surface area contributed by atoms with Crippen LogP contribution in [0.4, 0.5) is 0 Å². The van der Waals surface area contributed by atoms with E-state index in [1.165, 1.54) is 42.4 Å². The van der Waals surface area contributed by atoms with Crippen LogP contribution in [0.3, 0.4) is 0 Å². The van der Waals surface area contributed by atoms with Gasteiger partial charge in [-0.25, -0.2) is 0 Å². The lowest BCUT2D eigenvalue weighted by molar-refractivity contribution is 0.987. The van der Waals surface area contributed by atoms with Gasteiger partial charge >= 0.3 is 0 Å². The fraction of sp³-hybridized carbons (Fsp3) is 0.200. The SMILES string of the molecule is Cc1ccc2c(CCc3csc4cc(C)ccc34)csc2c1. The molecule has 0 amide bonds. The van der Waals surface area contributed by atoms with Crippen molar-refractivity contribution in [1.29, 1.82) is 0 Å². The predicted octanol–water partition coefficient (Wildman–Crippen LogP) is 6.52. The van der Waals surface area contributed by atoms with E-state index in [9.17, 15) is 0 Å². The van der Waals surface area contributed by atoms with Crippen molar-refractivity contribution in [2.24, 2.45) is 0 Å². The van der Waals surface area contributed by atoms with Gasteiger partial charge in [-0.2, -0.15) is 0 Å². The van der Waals surface area contributed by atoms with E-state index in [4.69, 9.17) is 0 Å². The maximum atomic E-state index is 2.34. The second-order valence-corrected chi connectivity index (χ2v) is 7.84. The summed E-state index contributed by atoms with van der Waals surface area (Å²) < 4.78 is 2.83. The quantitative estimate of drug-likeness (QED) is 0.403. The van der Waals surface area contributed by atoms with Crippen LogP contribution < -0.4 is 0 Å². The van der Waals surface area contributed by atoms with Crippen molar-refractivity contribution < 1.29 is 0 Å². The van der Waals surface area contributed by atoms with E-state index in [1.807, 2.05) is 22.7 Å². The summed E-state index contributed by atoms with van der Waals surface area (Å²) in [5.74, 6) is 0. The lowest BCUT2D eigenvalue weighted by atomic mass is 10.0. The highest BCUT2D eigenvalue weighted by Gasteiger charge is 2.08. The minimum absolute atomic E-state index is 1.13. The van der Waals surface area contributed by atoms with Crippen LogP contribution in [0.15, 0.2) is 47.2 Å². The largest absolute Gasteiger partial charge is 0.144 e. The molecule has 4 aromatic rings. The Morgan fingerprint density at radius 3 is 1.59 bits per heavy atom. The average Bonchev–Trinajstić information content (AvgIpc) is 3.08. The van der Waals surface area contributed by atoms with E-state index < -0.39 is 0 Å². The van der Waals surface area contributed by atoms with Gasteiger partial charge in [0.15, 0.2) is 0 Å². The minimum Gasteiger partial charge on any atom is -0.144 e. The smallest absolute Gasteiger partial charge is 0.0348 e. The molecule has 4 rings (SSSR count). The van der Waals surface area contributed by atoms with Crippen molar-refractivity contribution >= 4 is 42.8 Å². The van der Waals surface area contributed by atoms with Crippen molar-refractivity contribution in [3.63, 3.8) is 0 Å². The highest BCUT2D eigenvalue weighted by Crippen LogP contribution is 2.31. The molecular formula is C20H18S2. The minimum atomic E-state index is 1.13. The second kappa shape index (κ2) is 5.53. The average molecular weight is 322 g/mol. The number of rotatable bonds is 3. The van der Waals surface area contributed by atoms with Crippen molar-refractivity contribution in [2.75, 3.05) is 0 Å². The molecule has 22 heavy (non-hydrogen) atoms. The van der Waals surface area contributed by atoms with Gasteiger partial charge in [0.05, 0.1) is 0 Å². The first-order chi connectivity index (χ1) is 10.7. The van der Waals surface area contributed by atoms with Gasteiger partial charge in [-0.05, 0) is 82.6 Å². The van der Waals surface area contributed by atoms with Crippen LogP contribution in [-0.4, -0.2) is 0 Å². The highest BCUT2D eigenvalue weighted by molar-refractivity contribution is 7.17. The standard InChI is InChI=1S/C20H18S2/c1-13-3-7-17-15(11-21-19(17)9-13)5-6-16-12-22-20-10-14(2)4-8-18(16)20/h3-4,7-12H,5-6H2,1-2H3. The van der Waals surface area contributed by atoms with Crippen LogP contribution in [-0.2, 0) is 12.8 Å². The normalized spacial score (nSPS) is 11.5. The first-order valence-electron chi connectivity index (χ1n) is 7.64. The van der Waals surface area contributed by atoms with Gasteiger partial charge in [-0.15, -0.1) is 22.7 Å². The van der Waals surface area contributed by atoms with Crippen LogP contribution in [0, 0.1) is 13.8 Å². The summed E-state index contributed by atoms with van der Waals surface area (Å²) in [7, 11) is 0. The molecule has 0 aliphatic carbocycles. The van der Waals surface area contributed by atoms with Crippen molar-refractivity contribution in [3.8, 4) is 0 Å². The Labute approximate surface area is 139 Å². The zero-order valence-electron chi connectivity index (χ0n) is 12.8. The molecule has 0 unspecified atom stereocenters. The van der Waals surface area contributed by atoms with E-state index in [0.29, 0.717) is 0 Å². The molecule has 0 saturated carbocycles. The number of benzene rings is 2. The Kier molecular flexibility index (Phi) is 3.51. The Hall–Kier alpha value is -1.64. The van der Waals surface area contributed by atoms with E-state index in [-0.39, 0.29) is 0 Å². The summed E-state index contributed by atoms with van der Waals surface area (Å²) in [6.07, 6.45) is 2.26. The third-order valence-electron chi connectivity index (χ3n) is 4.29. The van der Waals surface area contributed by atoms with Gasteiger partial charge in [0, 0.05) is 9.40 Å². The van der Waals surface area contributed by atoms with Crippen molar-refractivity contribution in [3.05, 3.63) is 69.4 Å². The van der Waals surface area contributed by atoms with Crippen LogP contribution in [0.5, 0.6) is 0 Å². The van der Waals surface area contributed by atoms with Crippen LogP contribution in [0.2, 0.25) is 0 Å². The van der Waals surface area contributed by atoms with Crippen LogP contribution >= 0.6 is 22.7 Å². The summed E-state index contributed by atoms with van der Waals surface area (Å²) in [5.41, 5.74) is 5.68. The zero-order chi connectivity index (χ0) is 15.1. The summed E-state index contributed by atoms with van der Waals surface area (Å²) in [6, 6.07) is 13.6. The summed E-state index contributed by atoms with van der Waals surface area (Å²) in [5, 5.41) is 7.54. The van der Waals surface area contributed by atoms with Crippen LogP contribution in [0.1, 0.15) is 22.3 Å². The summed E-state index contributed by atoms with van der Waals surface area (Å²) >= 11 is 3.75. The molecule has 0 N–H and O–H groups in total. The van der Waals surface area contributed by atoms with E-state index in [0.717, 1.165) is 12.8 Å². The van der Waals surface area contributed by atoms with Gasteiger partial charge in [0.25, 0.3) is 0 Å². The number of fused-ring (bicyclic) bond motifs is 2. The molecular weight excluding hydrogens is 304 g/mol.